The summed E-state index contributed by atoms with van der Waals surface area (Å²) in [4.78, 5) is 38.2. The minimum atomic E-state index is -1.31. The number of nitro groups is 1. The van der Waals surface area contributed by atoms with Crippen LogP contribution in [0.2, 0.25) is 0 Å². The van der Waals surface area contributed by atoms with Gasteiger partial charge in [0.1, 0.15) is 17.6 Å². The van der Waals surface area contributed by atoms with E-state index in [4.69, 9.17) is 5.73 Å². The van der Waals surface area contributed by atoms with Crippen molar-refractivity contribution >= 4 is 23.4 Å². The van der Waals surface area contributed by atoms with E-state index in [2.05, 4.69) is 4.98 Å². The van der Waals surface area contributed by atoms with Crippen LogP contribution in [0.15, 0.2) is 12.3 Å². The van der Waals surface area contributed by atoms with Gasteiger partial charge < -0.3 is 15.7 Å². The molecule has 2 rings (SSSR count). The molecule has 1 aliphatic rings. The zero-order chi connectivity index (χ0) is 15.8. The maximum atomic E-state index is 11.4. The number of carboxylic acid groups (broad SMARTS) is 1. The maximum absolute atomic E-state index is 11.4. The summed E-state index contributed by atoms with van der Waals surface area (Å²) in [6, 6.07) is 0.963. The van der Waals surface area contributed by atoms with Crippen LogP contribution in [-0.4, -0.2) is 40.0 Å². The molecule has 0 saturated carbocycles. The molecule has 112 valence electrons. The summed E-state index contributed by atoms with van der Waals surface area (Å²) >= 11 is 0. The monoisotopic (exact) mass is 294 g/mol. The summed E-state index contributed by atoms with van der Waals surface area (Å²) in [5, 5.41) is 19.9. The van der Waals surface area contributed by atoms with Crippen molar-refractivity contribution in [2.24, 2.45) is 11.1 Å². The minimum absolute atomic E-state index is 0.109. The Balaban J connectivity index is 2.39. The highest BCUT2D eigenvalue weighted by atomic mass is 16.6. The summed E-state index contributed by atoms with van der Waals surface area (Å²) in [5.41, 5.74) is 3.92. The topological polar surface area (TPSA) is 140 Å². The molecule has 9 heteroatoms. The summed E-state index contributed by atoms with van der Waals surface area (Å²) in [6.07, 6.45) is 1.47. The Bertz CT molecular complexity index is 632. The number of hydrogen-bond acceptors (Lipinski definition) is 6. The van der Waals surface area contributed by atoms with Gasteiger partial charge in [0.2, 0.25) is 5.91 Å². The van der Waals surface area contributed by atoms with Crippen molar-refractivity contribution < 1.29 is 19.6 Å². The third kappa shape index (κ3) is 2.62. The smallest absolute Gasteiger partial charge is 0.339 e. The van der Waals surface area contributed by atoms with Crippen LogP contribution in [-0.2, 0) is 4.79 Å². The minimum Gasteiger partial charge on any atom is -0.478 e. The Kier molecular flexibility index (Phi) is 3.50. The molecular weight excluding hydrogens is 280 g/mol. The van der Waals surface area contributed by atoms with Gasteiger partial charge in [0.05, 0.1) is 10.3 Å². The number of primary amides is 1. The van der Waals surface area contributed by atoms with Crippen molar-refractivity contribution in [1.29, 1.82) is 0 Å². The van der Waals surface area contributed by atoms with Gasteiger partial charge in [-0.1, -0.05) is 0 Å². The molecule has 21 heavy (non-hydrogen) atoms. The van der Waals surface area contributed by atoms with E-state index in [1.165, 1.54) is 0 Å². The van der Waals surface area contributed by atoms with Crippen LogP contribution in [0.4, 0.5) is 11.5 Å². The second kappa shape index (κ2) is 5.00. The number of carbonyl (C=O) groups excluding carboxylic acids is 1. The highest BCUT2D eigenvalue weighted by Gasteiger charge is 2.40. The van der Waals surface area contributed by atoms with E-state index >= 15 is 0 Å². The van der Waals surface area contributed by atoms with Crippen LogP contribution in [0.3, 0.4) is 0 Å². The second-order valence-corrected chi connectivity index (χ2v) is 5.22. The number of hydrogen-bond donors (Lipinski definition) is 2. The Hall–Kier alpha value is -2.71. The number of pyridine rings is 1. The standard InChI is InChI=1S/C12H14N4O5/c1-12(11(13)19)2-3-15(6-12)9-8(10(17)18)4-7(5-14-9)16(20)21/h4-5H,2-3,6H2,1H3,(H2,13,19)(H,17,18). The highest BCUT2D eigenvalue weighted by Crippen LogP contribution is 2.34. The second-order valence-electron chi connectivity index (χ2n) is 5.22. The molecule has 0 radical (unpaired) electrons. The molecule has 0 spiro atoms. The number of anilines is 1. The van der Waals surface area contributed by atoms with Crippen LogP contribution in [0.1, 0.15) is 23.7 Å². The van der Waals surface area contributed by atoms with Crippen LogP contribution < -0.4 is 10.6 Å². The molecule has 1 aromatic rings. The van der Waals surface area contributed by atoms with E-state index in [1.54, 1.807) is 11.8 Å². The van der Waals surface area contributed by atoms with E-state index in [9.17, 15) is 24.8 Å². The molecule has 2 heterocycles. The molecule has 1 unspecified atom stereocenters. The number of amides is 1. The quantitative estimate of drug-likeness (QED) is 0.604. The Morgan fingerprint density at radius 3 is 2.71 bits per heavy atom. The van der Waals surface area contributed by atoms with E-state index in [1.807, 2.05) is 0 Å². The number of carbonyl (C=O) groups is 2. The van der Waals surface area contributed by atoms with Gasteiger partial charge in [-0.25, -0.2) is 9.78 Å². The van der Waals surface area contributed by atoms with E-state index < -0.39 is 27.9 Å². The number of nitrogens with zero attached hydrogens (tertiary/aromatic N) is 3. The number of aromatic carboxylic acids is 1. The average molecular weight is 294 g/mol. The predicted molar refractivity (Wildman–Crippen MR) is 72.0 cm³/mol. The van der Waals surface area contributed by atoms with Gasteiger partial charge in [-0.3, -0.25) is 14.9 Å². The fraction of sp³-hybridized carbons (Fsp3) is 0.417. The number of rotatable bonds is 4. The summed E-state index contributed by atoms with van der Waals surface area (Å²) in [5.74, 6) is -1.67. The van der Waals surface area contributed by atoms with Gasteiger partial charge in [-0.2, -0.15) is 0 Å². The van der Waals surface area contributed by atoms with Gasteiger partial charge in [0, 0.05) is 19.2 Å². The molecule has 3 N–H and O–H groups in total. The lowest BCUT2D eigenvalue weighted by Crippen LogP contribution is -2.37. The van der Waals surface area contributed by atoms with Crippen molar-refractivity contribution in [2.75, 3.05) is 18.0 Å². The highest BCUT2D eigenvalue weighted by molar-refractivity contribution is 5.94. The Morgan fingerprint density at radius 1 is 1.57 bits per heavy atom. The molecule has 1 aromatic heterocycles. The van der Waals surface area contributed by atoms with Crippen LogP contribution in [0.25, 0.3) is 0 Å². The Labute approximate surface area is 119 Å². The zero-order valence-electron chi connectivity index (χ0n) is 11.3. The third-order valence-electron chi connectivity index (χ3n) is 3.66. The van der Waals surface area contributed by atoms with Crippen molar-refractivity contribution in [3.05, 3.63) is 27.9 Å². The van der Waals surface area contributed by atoms with E-state index in [0.717, 1.165) is 12.3 Å². The summed E-state index contributed by atoms with van der Waals surface area (Å²) < 4.78 is 0. The molecule has 1 atom stereocenters. The lowest BCUT2D eigenvalue weighted by Gasteiger charge is -2.22. The SMILES string of the molecule is CC1(C(N)=O)CCN(c2ncc([N+](=O)[O-])cc2C(=O)O)C1. The van der Waals surface area contributed by atoms with Gasteiger partial charge >= 0.3 is 5.97 Å². The van der Waals surface area contributed by atoms with Crippen molar-refractivity contribution in [2.45, 2.75) is 13.3 Å². The lowest BCUT2D eigenvalue weighted by molar-refractivity contribution is -0.385. The van der Waals surface area contributed by atoms with Gasteiger partial charge in [0.15, 0.2) is 0 Å². The molecule has 1 fully saturated rings. The zero-order valence-corrected chi connectivity index (χ0v) is 11.3. The molecule has 0 aromatic carbocycles. The molecular formula is C12H14N4O5. The maximum Gasteiger partial charge on any atom is 0.339 e. The fourth-order valence-electron chi connectivity index (χ4n) is 2.30. The average Bonchev–Trinajstić information content (AvgIpc) is 2.82. The summed E-state index contributed by atoms with van der Waals surface area (Å²) in [7, 11) is 0. The molecule has 0 aliphatic carbocycles. The first-order valence-electron chi connectivity index (χ1n) is 6.17. The first-order chi connectivity index (χ1) is 9.74. The number of aromatic nitrogens is 1. The van der Waals surface area contributed by atoms with Crippen molar-refractivity contribution in [3.8, 4) is 0 Å². The fourth-order valence-corrected chi connectivity index (χ4v) is 2.30. The van der Waals surface area contributed by atoms with Gasteiger partial charge in [-0.15, -0.1) is 0 Å². The van der Waals surface area contributed by atoms with Crippen molar-refractivity contribution in [3.63, 3.8) is 0 Å². The van der Waals surface area contributed by atoms with Crippen LogP contribution >= 0.6 is 0 Å². The van der Waals surface area contributed by atoms with Crippen LogP contribution in [0.5, 0.6) is 0 Å². The molecule has 1 saturated heterocycles. The largest absolute Gasteiger partial charge is 0.478 e. The van der Waals surface area contributed by atoms with Gasteiger partial charge in [-0.05, 0) is 13.3 Å². The Morgan fingerprint density at radius 2 is 2.24 bits per heavy atom. The molecule has 1 amide bonds. The lowest BCUT2D eigenvalue weighted by atomic mass is 9.89. The molecule has 1 aliphatic heterocycles. The van der Waals surface area contributed by atoms with Gasteiger partial charge in [0.25, 0.3) is 5.69 Å². The summed E-state index contributed by atoms with van der Waals surface area (Å²) in [6.45, 7) is 2.33. The van der Waals surface area contributed by atoms with E-state index in [-0.39, 0.29) is 17.9 Å². The number of nitrogens with two attached hydrogens (primary N) is 1. The van der Waals surface area contributed by atoms with E-state index in [0.29, 0.717) is 13.0 Å². The normalized spacial score (nSPS) is 21.3. The molecule has 9 nitrogen and oxygen atoms in total. The predicted octanol–water partition coefficient (Wildman–Crippen LogP) is 0.390. The third-order valence-corrected chi connectivity index (χ3v) is 3.66. The van der Waals surface area contributed by atoms with Crippen molar-refractivity contribution in [1.82, 2.24) is 4.98 Å². The first kappa shape index (κ1) is 14.7. The number of carboxylic acids is 1. The van der Waals surface area contributed by atoms with Crippen LogP contribution in [0, 0.1) is 15.5 Å². The molecule has 0 bridgehead atoms. The first-order valence-corrected chi connectivity index (χ1v) is 6.17.